The first-order chi connectivity index (χ1) is 13.1. The Morgan fingerprint density at radius 3 is 2.68 bits per heavy atom. The molecular weight excluding hydrogens is 403 g/mol. The van der Waals surface area contributed by atoms with Gasteiger partial charge in [-0.2, -0.15) is 0 Å². The molecule has 2 aromatic carbocycles. The quantitative estimate of drug-likeness (QED) is 0.390. The number of rotatable bonds is 8. The van der Waals surface area contributed by atoms with Crippen LogP contribution in [0.4, 0.5) is 5.69 Å². The average Bonchev–Trinajstić information content (AvgIpc) is 2.75. The number of para-hydroxylation sites is 1. The van der Waals surface area contributed by atoms with Crippen LogP contribution < -0.4 is 44.3 Å². The maximum absolute atomic E-state index is 10.5. The van der Waals surface area contributed by atoms with Gasteiger partial charge in [0.25, 0.3) is 0 Å². The molecule has 28 heavy (non-hydrogen) atoms. The predicted molar refractivity (Wildman–Crippen MR) is 110 cm³/mol. The predicted octanol–water partition coefficient (Wildman–Crippen LogP) is 1.18. The van der Waals surface area contributed by atoms with Crippen molar-refractivity contribution in [3.63, 3.8) is 0 Å². The molecule has 0 saturated heterocycles. The largest absolute Gasteiger partial charge is 1.00 e. The van der Waals surface area contributed by atoms with Gasteiger partial charge in [0.2, 0.25) is 0 Å². The van der Waals surface area contributed by atoms with Crippen molar-refractivity contribution in [3.8, 4) is 0 Å². The summed E-state index contributed by atoms with van der Waals surface area (Å²) in [7, 11) is 2.08. The number of carboxylic acids is 1. The van der Waals surface area contributed by atoms with Crippen LogP contribution in [0.1, 0.15) is 49.3 Å². The van der Waals surface area contributed by atoms with E-state index in [-0.39, 0.29) is 42.0 Å². The van der Waals surface area contributed by atoms with Gasteiger partial charge in [0, 0.05) is 22.9 Å². The Balaban J connectivity index is 0.00000280. The van der Waals surface area contributed by atoms with E-state index in [0.29, 0.717) is 6.42 Å². The van der Waals surface area contributed by atoms with E-state index < -0.39 is 5.97 Å². The van der Waals surface area contributed by atoms with E-state index in [1.165, 1.54) is 16.8 Å². The van der Waals surface area contributed by atoms with Crippen LogP contribution in [0.3, 0.4) is 0 Å². The number of unbranched alkanes of at least 4 members (excludes halogenated alkanes) is 3. The molecule has 1 heterocycles. The number of carbonyl (C=O) groups is 1. The fraction of sp³-hybridized carbons (Fsp3) is 0.381. The molecule has 1 aliphatic heterocycles. The Labute approximate surface area is 198 Å². The minimum atomic E-state index is -0.958. The van der Waals surface area contributed by atoms with Crippen LogP contribution in [-0.4, -0.2) is 19.6 Å². The van der Waals surface area contributed by atoms with Gasteiger partial charge in [-0.1, -0.05) is 48.7 Å². The van der Waals surface area contributed by atoms with Crippen molar-refractivity contribution in [2.24, 2.45) is 0 Å². The number of fused-ring (bicyclic) bond motifs is 2. The average molecular weight is 427 g/mol. The van der Waals surface area contributed by atoms with Crippen LogP contribution in [0.5, 0.6) is 0 Å². The van der Waals surface area contributed by atoms with Crippen LogP contribution in [0.25, 0.3) is 0 Å². The third kappa shape index (κ3) is 6.15. The smallest absolute Gasteiger partial charge is 0.550 e. The van der Waals surface area contributed by atoms with Crippen LogP contribution in [0, 0.1) is 0 Å². The number of hydrogen-bond donors (Lipinski definition) is 1. The van der Waals surface area contributed by atoms with Crippen molar-refractivity contribution in [1.29, 1.82) is 0 Å². The Morgan fingerprint density at radius 2 is 1.89 bits per heavy atom. The number of halogens is 1. The summed E-state index contributed by atoms with van der Waals surface area (Å²) in [5.74, 6) is -0.958. The number of nitrogens with one attached hydrogen (secondary N) is 1. The summed E-state index contributed by atoms with van der Waals surface area (Å²) in [6.07, 6.45) is 3.79. The zero-order chi connectivity index (χ0) is 19.2. The van der Waals surface area contributed by atoms with E-state index in [2.05, 4.69) is 47.0 Å². The SMILES string of the molecule is CN1Sc2cc(Cl)ccc2C(NCCCCCCC(=O)[O-])c2ccccc21.[Na+]. The van der Waals surface area contributed by atoms with Crippen molar-refractivity contribution in [2.75, 3.05) is 17.9 Å². The second-order valence-corrected chi connectivity index (χ2v) is 8.36. The second-order valence-electron chi connectivity index (χ2n) is 6.75. The summed E-state index contributed by atoms with van der Waals surface area (Å²) in [6, 6.07) is 14.6. The van der Waals surface area contributed by atoms with Gasteiger partial charge in [-0.15, -0.1) is 0 Å². The molecule has 1 unspecified atom stereocenters. The number of carboxylic acid groups (broad SMARTS) is 1. The van der Waals surface area contributed by atoms with E-state index in [1.807, 2.05) is 12.1 Å². The third-order valence-electron chi connectivity index (χ3n) is 4.77. The molecule has 0 aliphatic carbocycles. The molecule has 0 bridgehead atoms. The van der Waals surface area contributed by atoms with Gasteiger partial charge in [0.05, 0.1) is 11.7 Å². The molecule has 0 saturated carbocycles. The third-order valence-corrected chi connectivity index (χ3v) is 6.02. The summed E-state index contributed by atoms with van der Waals surface area (Å²) in [4.78, 5) is 11.6. The minimum absolute atomic E-state index is 0. The molecule has 2 aromatic rings. The summed E-state index contributed by atoms with van der Waals surface area (Å²) >= 11 is 7.93. The molecule has 144 valence electrons. The monoisotopic (exact) mass is 426 g/mol. The van der Waals surface area contributed by atoms with Crippen molar-refractivity contribution >= 4 is 35.2 Å². The molecule has 1 aliphatic rings. The molecule has 0 radical (unpaired) electrons. The molecule has 0 amide bonds. The van der Waals surface area contributed by atoms with Gasteiger partial charge in [0.1, 0.15) is 0 Å². The molecule has 0 aromatic heterocycles. The molecule has 4 nitrogen and oxygen atoms in total. The summed E-state index contributed by atoms with van der Waals surface area (Å²) in [5.41, 5.74) is 3.69. The number of aliphatic carboxylic acids is 1. The van der Waals surface area contributed by atoms with Gasteiger partial charge < -0.3 is 19.5 Å². The molecule has 1 atom stereocenters. The Kier molecular flexibility index (Phi) is 9.67. The fourth-order valence-electron chi connectivity index (χ4n) is 3.42. The minimum Gasteiger partial charge on any atom is -0.550 e. The van der Waals surface area contributed by atoms with Crippen LogP contribution in [0.2, 0.25) is 5.02 Å². The summed E-state index contributed by atoms with van der Waals surface area (Å²) in [5, 5.41) is 14.9. The summed E-state index contributed by atoms with van der Waals surface area (Å²) in [6.45, 7) is 0.876. The van der Waals surface area contributed by atoms with Gasteiger partial charge in [0.15, 0.2) is 0 Å². The number of benzene rings is 2. The van der Waals surface area contributed by atoms with Gasteiger partial charge in [-0.25, -0.2) is 0 Å². The van der Waals surface area contributed by atoms with Crippen molar-refractivity contribution < 1.29 is 39.5 Å². The number of hydrogen-bond acceptors (Lipinski definition) is 5. The fourth-order valence-corrected chi connectivity index (χ4v) is 4.69. The van der Waals surface area contributed by atoms with E-state index in [1.54, 1.807) is 11.9 Å². The van der Waals surface area contributed by atoms with E-state index in [0.717, 1.165) is 35.7 Å². The maximum Gasteiger partial charge on any atom is 1.00 e. The molecule has 7 heteroatoms. The molecule has 0 fully saturated rings. The van der Waals surface area contributed by atoms with Gasteiger partial charge in [-0.3, -0.25) is 0 Å². The van der Waals surface area contributed by atoms with Crippen molar-refractivity contribution in [1.82, 2.24) is 5.32 Å². The summed E-state index contributed by atoms with van der Waals surface area (Å²) < 4.78 is 2.19. The van der Waals surface area contributed by atoms with E-state index >= 15 is 0 Å². The Hall–Kier alpha value is -0.690. The molecule has 0 spiro atoms. The Morgan fingerprint density at radius 1 is 1.14 bits per heavy atom. The Bertz CT molecular complexity index is 806. The number of carbonyl (C=O) groups excluding carboxylic acids is 1. The second kappa shape index (κ2) is 11.5. The van der Waals surface area contributed by atoms with Crippen LogP contribution in [-0.2, 0) is 4.79 Å². The number of nitrogens with zero attached hydrogens (tertiary/aromatic N) is 1. The van der Waals surface area contributed by atoms with Crippen molar-refractivity contribution in [2.45, 2.75) is 43.0 Å². The standard InChI is InChI=1S/C21H25ClN2O2S.Na/c1-24-18-9-6-5-8-16(18)21(17-12-11-15(22)14-19(17)27-24)23-13-7-3-2-4-10-20(25)26;/h5-6,8-9,11-12,14,21,23H,2-4,7,10,13H2,1H3,(H,25,26);/q;+1/p-1. The normalized spacial score (nSPS) is 15.2. The van der Waals surface area contributed by atoms with Crippen LogP contribution >= 0.6 is 23.5 Å². The number of anilines is 1. The van der Waals surface area contributed by atoms with Crippen LogP contribution in [0.15, 0.2) is 47.4 Å². The first-order valence-electron chi connectivity index (χ1n) is 9.29. The molecule has 1 N–H and O–H groups in total. The first kappa shape index (κ1) is 23.6. The first-order valence-corrected chi connectivity index (χ1v) is 10.4. The zero-order valence-electron chi connectivity index (χ0n) is 16.4. The molecular formula is C21H24ClN2NaO2S. The van der Waals surface area contributed by atoms with E-state index in [4.69, 9.17) is 11.6 Å². The topological polar surface area (TPSA) is 55.4 Å². The van der Waals surface area contributed by atoms with Gasteiger partial charge >= 0.3 is 29.6 Å². The zero-order valence-corrected chi connectivity index (χ0v) is 20.0. The maximum atomic E-state index is 10.5. The van der Waals surface area contributed by atoms with E-state index in [9.17, 15) is 9.90 Å². The van der Waals surface area contributed by atoms with Gasteiger partial charge in [-0.05, 0) is 67.1 Å². The molecule has 3 rings (SSSR count). The van der Waals surface area contributed by atoms with Crippen molar-refractivity contribution in [3.05, 3.63) is 58.6 Å².